The van der Waals surface area contributed by atoms with Crippen LogP contribution in [-0.2, 0) is 0 Å². The third-order valence-electron chi connectivity index (χ3n) is 2.31. The third-order valence-corrected chi connectivity index (χ3v) is 2.31. The van der Waals surface area contributed by atoms with E-state index in [1.54, 1.807) is 0 Å². The van der Waals surface area contributed by atoms with Crippen LogP contribution >= 0.6 is 0 Å². The largest absolute Gasteiger partial charge is 0.478 e. The number of carboxylic acids is 1. The van der Waals surface area contributed by atoms with Crippen LogP contribution in [0, 0.1) is 0 Å². The zero-order valence-electron chi connectivity index (χ0n) is 9.84. The predicted octanol–water partition coefficient (Wildman–Crippen LogP) is -0.591. The number of carboxylic acid groups (broad SMARTS) is 1. The average Bonchev–Trinajstić information content (AvgIpc) is 2.38. The topological polar surface area (TPSA) is 145 Å². The van der Waals surface area contributed by atoms with Gasteiger partial charge in [0, 0.05) is 12.4 Å². The van der Waals surface area contributed by atoms with Crippen LogP contribution in [0.5, 0.6) is 0 Å². The Bertz CT molecular complexity index is 792. The first-order chi connectivity index (χ1) is 9.47. The third kappa shape index (κ3) is 2.77. The fraction of sp³-hybridized carbons (Fsp3) is 0. The highest BCUT2D eigenvalue weighted by Gasteiger charge is 2.12. The number of aromatic carboxylic acids is 1. The lowest BCUT2D eigenvalue weighted by molar-refractivity contribution is 0.0696. The molecule has 0 aliphatic rings. The molecule has 9 nitrogen and oxygen atoms in total. The summed E-state index contributed by atoms with van der Waals surface area (Å²) in [5.41, 5.74) is -1.90. The molecule has 2 aromatic heterocycles. The zero-order chi connectivity index (χ0) is 14.7. The number of nitrogens with zero attached hydrogens (tertiary/aromatic N) is 1. The summed E-state index contributed by atoms with van der Waals surface area (Å²) in [4.78, 5) is 52.5. The summed E-state index contributed by atoms with van der Waals surface area (Å²) in [6.45, 7) is 0. The van der Waals surface area contributed by atoms with Gasteiger partial charge in [0.25, 0.3) is 11.5 Å². The van der Waals surface area contributed by atoms with Gasteiger partial charge >= 0.3 is 11.7 Å². The first-order valence-corrected chi connectivity index (χ1v) is 5.29. The van der Waals surface area contributed by atoms with Gasteiger partial charge in [-0.2, -0.15) is 0 Å². The van der Waals surface area contributed by atoms with Crippen LogP contribution in [0.2, 0.25) is 0 Å². The molecule has 0 aliphatic heterocycles. The van der Waals surface area contributed by atoms with Crippen molar-refractivity contribution in [3.05, 3.63) is 56.6 Å². The first-order valence-electron chi connectivity index (χ1n) is 5.29. The van der Waals surface area contributed by atoms with Crippen LogP contribution in [0.4, 0.5) is 5.69 Å². The molecule has 0 bridgehead atoms. The molecule has 4 N–H and O–H groups in total. The second-order valence-electron chi connectivity index (χ2n) is 3.71. The maximum atomic E-state index is 11.8. The zero-order valence-corrected chi connectivity index (χ0v) is 9.84. The van der Waals surface area contributed by atoms with Gasteiger partial charge in [-0.15, -0.1) is 0 Å². The normalized spacial score (nSPS) is 10.0. The number of aromatic nitrogens is 3. The monoisotopic (exact) mass is 276 g/mol. The molecule has 0 fully saturated rings. The van der Waals surface area contributed by atoms with Crippen molar-refractivity contribution in [1.29, 1.82) is 0 Å². The predicted molar refractivity (Wildman–Crippen MR) is 66.8 cm³/mol. The first kappa shape index (κ1) is 13.2. The molecule has 2 heterocycles. The lowest BCUT2D eigenvalue weighted by Gasteiger charge is -2.04. The molecule has 0 saturated carbocycles. The number of carbonyl (C=O) groups excluding carboxylic acids is 1. The highest BCUT2D eigenvalue weighted by molar-refractivity contribution is 6.04. The van der Waals surface area contributed by atoms with Crippen molar-refractivity contribution in [2.45, 2.75) is 0 Å². The van der Waals surface area contributed by atoms with E-state index in [-0.39, 0.29) is 16.8 Å². The van der Waals surface area contributed by atoms with E-state index in [4.69, 9.17) is 5.11 Å². The Morgan fingerprint density at radius 3 is 2.65 bits per heavy atom. The molecule has 2 aromatic rings. The van der Waals surface area contributed by atoms with Crippen LogP contribution in [0.15, 0.2) is 34.2 Å². The van der Waals surface area contributed by atoms with Crippen molar-refractivity contribution in [2.75, 3.05) is 5.32 Å². The molecule has 0 saturated heterocycles. The van der Waals surface area contributed by atoms with Crippen LogP contribution in [0.3, 0.4) is 0 Å². The number of carbonyl (C=O) groups is 2. The Morgan fingerprint density at radius 2 is 2.00 bits per heavy atom. The molecule has 102 valence electrons. The fourth-order valence-corrected chi connectivity index (χ4v) is 1.40. The van der Waals surface area contributed by atoms with E-state index in [0.717, 1.165) is 12.4 Å². The van der Waals surface area contributed by atoms with E-state index >= 15 is 0 Å². The summed E-state index contributed by atoms with van der Waals surface area (Å²) in [6.07, 6.45) is 3.31. The summed E-state index contributed by atoms with van der Waals surface area (Å²) in [7, 11) is 0. The number of H-pyrrole nitrogens is 2. The molecular weight excluding hydrogens is 268 g/mol. The molecule has 0 unspecified atom stereocenters. The minimum Gasteiger partial charge on any atom is -0.478 e. The molecule has 0 aromatic carbocycles. The summed E-state index contributed by atoms with van der Waals surface area (Å²) in [5.74, 6) is -2.00. The number of anilines is 1. The second kappa shape index (κ2) is 5.18. The van der Waals surface area contributed by atoms with Crippen molar-refractivity contribution >= 4 is 17.6 Å². The summed E-state index contributed by atoms with van der Waals surface area (Å²) >= 11 is 0. The number of hydrogen-bond acceptors (Lipinski definition) is 5. The maximum Gasteiger partial charge on any atom is 0.337 e. The van der Waals surface area contributed by atoms with Gasteiger partial charge in [-0.3, -0.25) is 19.6 Å². The number of amides is 1. The minimum atomic E-state index is -1.20. The van der Waals surface area contributed by atoms with Crippen LogP contribution in [0.25, 0.3) is 0 Å². The molecule has 0 radical (unpaired) electrons. The minimum absolute atomic E-state index is 0.112. The second-order valence-corrected chi connectivity index (χ2v) is 3.71. The van der Waals surface area contributed by atoms with E-state index < -0.39 is 23.1 Å². The van der Waals surface area contributed by atoms with Gasteiger partial charge in [0.15, 0.2) is 0 Å². The van der Waals surface area contributed by atoms with Crippen LogP contribution < -0.4 is 16.6 Å². The summed E-state index contributed by atoms with van der Waals surface area (Å²) in [6, 6.07) is 1.19. The molecule has 9 heteroatoms. The lowest BCUT2D eigenvalue weighted by atomic mass is 10.2. The van der Waals surface area contributed by atoms with Gasteiger partial charge < -0.3 is 15.4 Å². The SMILES string of the molecule is O=C(O)c1cncc(NC(=O)c2c[nH]c(=O)[nH]c2=O)c1. The molecular formula is C11H8N4O5. The fourth-order valence-electron chi connectivity index (χ4n) is 1.40. The van der Waals surface area contributed by atoms with Crippen molar-refractivity contribution in [1.82, 2.24) is 15.0 Å². The van der Waals surface area contributed by atoms with Crippen molar-refractivity contribution < 1.29 is 14.7 Å². The van der Waals surface area contributed by atoms with Crippen LogP contribution in [0.1, 0.15) is 20.7 Å². The van der Waals surface area contributed by atoms with Gasteiger partial charge in [0.05, 0.1) is 17.4 Å². The van der Waals surface area contributed by atoms with E-state index in [2.05, 4.69) is 15.3 Å². The molecule has 1 amide bonds. The quantitative estimate of drug-likeness (QED) is 0.589. The molecule has 0 aliphatic carbocycles. The molecule has 0 spiro atoms. The van der Waals surface area contributed by atoms with Gasteiger partial charge in [-0.1, -0.05) is 0 Å². The lowest BCUT2D eigenvalue weighted by Crippen LogP contribution is -2.29. The van der Waals surface area contributed by atoms with E-state index in [1.807, 2.05) is 4.98 Å². The van der Waals surface area contributed by atoms with Gasteiger partial charge in [-0.25, -0.2) is 9.59 Å². The average molecular weight is 276 g/mol. The van der Waals surface area contributed by atoms with Gasteiger partial charge in [-0.05, 0) is 6.07 Å². The Morgan fingerprint density at radius 1 is 1.25 bits per heavy atom. The molecule has 20 heavy (non-hydrogen) atoms. The summed E-state index contributed by atoms with van der Waals surface area (Å²) < 4.78 is 0. The maximum absolute atomic E-state index is 11.8. The Hall–Kier alpha value is -3.23. The number of pyridine rings is 1. The molecule has 0 atom stereocenters. The molecule has 2 rings (SSSR count). The standard InChI is InChI=1S/C11H8N4O5/c16-8(7-4-13-11(20)15-9(7)17)14-6-1-5(10(18)19)2-12-3-6/h1-4H,(H,14,16)(H,18,19)(H2,13,15,17,20). The Balaban J connectivity index is 2.28. The number of aromatic amines is 2. The van der Waals surface area contributed by atoms with E-state index in [9.17, 15) is 19.2 Å². The summed E-state index contributed by atoms with van der Waals surface area (Å²) in [5, 5.41) is 11.1. The van der Waals surface area contributed by atoms with Crippen molar-refractivity contribution in [3.63, 3.8) is 0 Å². The number of hydrogen-bond donors (Lipinski definition) is 4. The smallest absolute Gasteiger partial charge is 0.337 e. The van der Waals surface area contributed by atoms with Crippen molar-refractivity contribution in [2.24, 2.45) is 0 Å². The van der Waals surface area contributed by atoms with E-state index in [1.165, 1.54) is 12.3 Å². The highest BCUT2D eigenvalue weighted by atomic mass is 16.4. The van der Waals surface area contributed by atoms with Gasteiger partial charge in [0.1, 0.15) is 5.56 Å². The Labute approximate surface area is 110 Å². The number of nitrogens with one attached hydrogen (secondary N) is 3. The Kier molecular flexibility index (Phi) is 3.42. The number of rotatable bonds is 3. The highest BCUT2D eigenvalue weighted by Crippen LogP contribution is 2.09. The van der Waals surface area contributed by atoms with E-state index in [0.29, 0.717) is 0 Å². The van der Waals surface area contributed by atoms with Crippen molar-refractivity contribution in [3.8, 4) is 0 Å². The van der Waals surface area contributed by atoms with Crippen LogP contribution in [-0.4, -0.2) is 31.9 Å². The van der Waals surface area contributed by atoms with Gasteiger partial charge in [0.2, 0.25) is 0 Å².